The highest BCUT2D eigenvalue weighted by molar-refractivity contribution is 5.92. The van der Waals surface area contributed by atoms with Crippen molar-refractivity contribution < 1.29 is 9.53 Å². The molecular formula is C21H29N3O2. The molecule has 3 rings (SSSR count). The van der Waals surface area contributed by atoms with Crippen LogP contribution >= 0.6 is 0 Å². The third-order valence-corrected chi connectivity index (χ3v) is 5.20. The van der Waals surface area contributed by atoms with E-state index in [-0.39, 0.29) is 5.91 Å². The van der Waals surface area contributed by atoms with E-state index in [1.54, 1.807) is 7.11 Å². The van der Waals surface area contributed by atoms with E-state index in [4.69, 9.17) is 4.74 Å². The molecule has 1 atom stereocenters. The lowest BCUT2D eigenvalue weighted by Gasteiger charge is -2.25. The molecule has 1 amide bonds. The predicted molar refractivity (Wildman–Crippen MR) is 103 cm³/mol. The Morgan fingerprint density at radius 1 is 1.35 bits per heavy atom. The number of fused-ring (bicyclic) bond motifs is 1. The molecule has 1 aromatic carbocycles. The third kappa shape index (κ3) is 3.76. The molecule has 1 aliphatic rings. The minimum Gasteiger partial charge on any atom is -0.496 e. The van der Waals surface area contributed by atoms with Crippen LogP contribution in [0.2, 0.25) is 0 Å². The Balaban J connectivity index is 1.75. The van der Waals surface area contributed by atoms with Gasteiger partial charge in [-0.3, -0.25) is 4.79 Å². The topological polar surface area (TPSA) is 56.2 Å². The normalized spacial score (nSPS) is 16.2. The number of unbranched alkanes of at least 4 members (excludes halogenated alkanes) is 1. The predicted octanol–water partition coefficient (Wildman–Crippen LogP) is 3.77. The molecule has 2 aromatic rings. The van der Waals surface area contributed by atoms with Gasteiger partial charge >= 0.3 is 0 Å². The average Bonchev–Trinajstić information content (AvgIpc) is 3.05. The summed E-state index contributed by atoms with van der Waals surface area (Å²) >= 11 is 0. The van der Waals surface area contributed by atoms with Crippen molar-refractivity contribution in [2.24, 2.45) is 0 Å². The second-order valence-corrected chi connectivity index (χ2v) is 7.23. The van der Waals surface area contributed by atoms with Crippen LogP contribution in [0.25, 0.3) is 0 Å². The first-order valence-corrected chi connectivity index (χ1v) is 9.52. The van der Waals surface area contributed by atoms with Gasteiger partial charge in [0.1, 0.15) is 17.3 Å². The molecule has 1 aromatic heterocycles. The summed E-state index contributed by atoms with van der Waals surface area (Å²) in [5.41, 5.74) is 4.23. The molecule has 1 unspecified atom stereocenters. The molecule has 0 aliphatic carbocycles. The lowest BCUT2D eigenvalue weighted by molar-refractivity contribution is 0.0948. The van der Waals surface area contributed by atoms with Crippen LogP contribution in [-0.2, 0) is 13.0 Å². The number of amides is 1. The van der Waals surface area contributed by atoms with Crippen LogP contribution in [0.3, 0.4) is 0 Å². The van der Waals surface area contributed by atoms with Crippen molar-refractivity contribution in [1.82, 2.24) is 14.9 Å². The highest BCUT2D eigenvalue weighted by atomic mass is 16.5. The van der Waals surface area contributed by atoms with E-state index in [1.807, 2.05) is 6.20 Å². The van der Waals surface area contributed by atoms with Gasteiger partial charge in [0.2, 0.25) is 0 Å². The minimum absolute atomic E-state index is 0.0620. The fourth-order valence-corrected chi connectivity index (χ4v) is 3.84. The molecule has 5 nitrogen and oxygen atoms in total. The molecule has 140 valence electrons. The van der Waals surface area contributed by atoms with Crippen LogP contribution in [0, 0.1) is 13.8 Å². The molecule has 0 fully saturated rings. The van der Waals surface area contributed by atoms with Crippen molar-refractivity contribution in [3.8, 4) is 5.75 Å². The third-order valence-electron chi connectivity index (χ3n) is 5.20. The zero-order valence-corrected chi connectivity index (χ0v) is 16.3. The Hall–Kier alpha value is -2.30. The lowest BCUT2D eigenvalue weighted by atomic mass is 9.89. The molecule has 0 bridgehead atoms. The summed E-state index contributed by atoms with van der Waals surface area (Å²) in [7, 11) is 1.72. The molecule has 1 aliphatic heterocycles. The van der Waals surface area contributed by atoms with Gasteiger partial charge in [0.25, 0.3) is 5.91 Å². The van der Waals surface area contributed by atoms with Crippen molar-refractivity contribution in [2.75, 3.05) is 13.7 Å². The van der Waals surface area contributed by atoms with Crippen LogP contribution in [0.4, 0.5) is 0 Å². The lowest BCUT2D eigenvalue weighted by Crippen LogP contribution is -2.24. The Kier molecular flexibility index (Phi) is 5.64. The quantitative estimate of drug-likeness (QED) is 0.803. The fraction of sp³-hybridized carbons (Fsp3) is 0.524. The van der Waals surface area contributed by atoms with E-state index >= 15 is 0 Å². The molecule has 2 heterocycles. The van der Waals surface area contributed by atoms with Gasteiger partial charge in [-0.25, -0.2) is 4.98 Å². The SMILES string of the molecule is CCCCNC(=O)c1cn2c(n1)CCC(c1cc(C)c(OC)c(C)c1)C2. The molecule has 0 saturated heterocycles. The number of carbonyl (C=O) groups is 1. The molecule has 0 spiro atoms. The fourth-order valence-electron chi connectivity index (χ4n) is 3.84. The summed E-state index contributed by atoms with van der Waals surface area (Å²) in [5, 5.41) is 2.95. The smallest absolute Gasteiger partial charge is 0.271 e. The minimum atomic E-state index is -0.0620. The zero-order valence-electron chi connectivity index (χ0n) is 16.3. The number of nitrogens with zero attached hydrogens (tertiary/aromatic N) is 2. The molecule has 26 heavy (non-hydrogen) atoms. The van der Waals surface area contributed by atoms with E-state index in [0.717, 1.165) is 43.8 Å². The van der Waals surface area contributed by atoms with E-state index in [9.17, 15) is 4.79 Å². The maximum absolute atomic E-state index is 12.2. The summed E-state index contributed by atoms with van der Waals surface area (Å²) in [6.07, 6.45) is 5.93. The van der Waals surface area contributed by atoms with Gasteiger partial charge in [0.15, 0.2) is 0 Å². The van der Waals surface area contributed by atoms with Crippen molar-refractivity contribution in [2.45, 2.75) is 58.9 Å². The highest BCUT2D eigenvalue weighted by Gasteiger charge is 2.24. The zero-order chi connectivity index (χ0) is 18.7. The number of hydrogen-bond acceptors (Lipinski definition) is 3. The van der Waals surface area contributed by atoms with E-state index in [1.165, 1.54) is 16.7 Å². The van der Waals surface area contributed by atoms with Crippen molar-refractivity contribution in [3.05, 3.63) is 46.5 Å². The number of rotatable bonds is 6. The average molecular weight is 355 g/mol. The summed E-state index contributed by atoms with van der Waals surface area (Å²) in [6.45, 7) is 7.89. The van der Waals surface area contributed by atoms with E-state index in [0.29, 0.717) is 18.2 Å². The van der Waals surface area contributed by atoms with Gasteiger partial charge in [-0.15, -0.1) is 0 Å². The van der Waals surface area contributed by atoms with Crippen LogP contribution in [0.15, 0.2) is 18.3 Å². The summed E-state index contributed by atoms with van der Waals surface area (Å²) < 4.78 is 7.64. The maximum atomic E-state index is 12.2. The number of methoxy groups -OCH3 is 1. The van der Waals surface area contributed by atoms with Gasteiger partial charge < -0.3 is 14.6 Å². The van der Waals surface area contributed by atoms with Gasteiger partial charge in [-0.1, -0.05) is 25.5 Å². The molecular weight excluding hydrogens is 326 g/mol. The monoisotopic (exact) mass is 355 g/mol. The first-order valence-electron chi connectivity index (χ1n) is 9.52. The first-order chi connectivity index (χ1) is 12.5. The standard InChI is InChI=1S/C21H29N3O2/c1-5-6-9-22-21(25)18-13-24-12-16(7-8-19(24)23-18)17-10-14(2)20(26-4)15(3)11-17/h10-11,13,16H,5-9,12H2,1-4H3,(H,22,25). The van der Waals surface area contributed by atoms with Gasteiger partial charge in [0, 0.05) is 31.6 Å². The van der Waals surface area contributed by atoms with E-state index < -0.39 is 0 Å². The molecule has 5 heteroatoms. The van der Waals surface area contributed by atoms with Crippen molar-refractivity contribution >= 4 is 5.91 Å². The largest absolute Gasteiger partial charge is 0.496 e. The second-order valence-electron chi connectivity index (χ2n) is 7.23. The number of nitrogens with one attached hydrogen (secondary N) is 1. The van der Waals surface area contributed by atoms with Crippen LogP contribution in [-0.4, -0.2) is 29.1 Å². The number of ether oxygens (including phenoxy) is 1. The number of imidazole rings is 1. The van der Waals surface area contributed by atoms with Gasteiger partial charge in [-0.05, 0) is 43.4 Å². The molecule has 1 N–H and O–H groups in total. The van der Waals surface area contributed by atoms with Crippen LogP contribution in [0.1, 0.15) is 65.1 Å². The molecule has 0 saturated carbocycles. The number of aryl methyl sites for hydroxylation is 3. The summed E-state index contributed by atoms with van der Waals surface area (Å²) in [6, 6.07) is 4.47. The number of benzene rings is 1. The Morgan fingerprint density at radius 2 is 2.08 bits per heavy atom. The Morgan fingerprint density at radius 3 is 2.73 bits per heavy atom. The van der Waals surface area contributed by atoms with Crippen molar-refractivity contribution in [1.29, 1.82) is 0 Å². The first kappa shape index (κ1) is 18.5. The Bertz CT molecular complexity index is 772. The molecule has 0 radical (unpaired) electrons. The number of hydrogen-bond donors (Lipinski definition) is 1. The summed E-state index contributed by atoms with van der Waals surface area (Å²) in [4.78, 5) is 16.8. The van der Waals surface area contributed by atoms with Crippen LogP contribution in [0.5, 0.6) is 5.75 Å². The van der Waals surface area contributed by atoms with Gasteiger partial charge in [-0.2, -0.15) is 0 Å². The second kappa shape index (κ2) is 7.94. The van der Waals surface area contributed by atoms with E-state index in [2.05, 4.69) is 47.8 Å². The summed E-state index contributed by atoms with van der Waals surface area (Å²) in [5.74, 6) is 2.37. The van der Waals surface area contributed by atoms with Crippen LogP contribution < -0.4 is 10.1 Å². The highest BCUT2D eigenvalue weighted by Crippen LogP contribution is 2.33. The maximum Gasteiger partial charge on any atom is 0.271 e. The number of aromatic nitrogens is 2. The number of carbonyl (C=O) groups excluding carboxylic acids is 1. The van der Waals surface area contributed by atoms with Gasteiger partial charge in [0.05, 0.1) is 7.11 Å². The Labute approximate surface area is 155 Å². The van der Waals surface area contributed by atoms with Crippen molar-refractivity contribution in [3.63, 3.8) is 0 Å².